The highest BCUT2D eigenvalue weighted by atomic mass is 16.6. The molecule has 0 unspecified atom stereocenters. The first-order chi connectivity index (χ1) is 9.20. The van der Waals surface area contributed by atoms with E-state index < -0.39 is 6.09 Å². The van der Waals surface area contributed by atoms with Gasteiger partial charge in [0.2, 0.25) is 0 Å². The largest absolute Gasteiger partial charge is 0.450 e. The maximum Gasteiger partial charge on any atom is 0.408 e. The molecule has 0 aromatic heterocycles. The number of carbonyl (C=O) groups excluding carboxylic acids is 2. The summed E-state index contributed by atoms with van der Waals surface area (Å²) in [7, 11) is 1.73. The van der Waals surface area contributed by atoms with Crippen molar-refractivity contribution in [2.24, 2.45) is 0 Å². The Morgan fingerprint density at radius 3 is 2.05 bits per heavy atom. The average Bonchev–Trinajstić information content (AvgIpc) is 2.41. The molecule has 7 heteroatoms. The van der Waals surface area contributed by atoms with Gasteiger partial charge in [-0.05, 0) is 32.7 Å². The van der Waals surface area contributed by atoms with Crippen LogP contribution in [0.15, 0.2) is 0 Å². The van der Waals surface area contributed by atoms with Gasteiger partial charge in [0.15, 0.2) is 0 Å². The second-order valence-electron chi connectivity index (χ2n) is 3.97. The summed E-state index contributed by atoms with van der Waals surface area (Å²) >= 11 is 0. The van der Waals surface area contributed by atoms with Crippen molar-refractivity contribution in [1.29, 1.82) is 0 Å². The second kappa shape index (κ2) is 12.9. The third kappa shape index (κ3) is 12.7. The van der Waals surface area contributed by atoms with Crippen LogP contribution in [-0.2, 0) is 9.47 Å². The maximum atomic E-state index is 11.1. The van der Waals surface area contributed by atoms with Gasteiger partial charge in [0.1, 0.15) is 0 Å². The summed E-state index contributed by atoms with van der Waals surface area (Å²) in [4.78, 5) is 22.1. The lowest BCUT2D eigenvalue weighted by Crippen LogP contribution is -2.32. The molecule has 7 nitrogen and oxygen atoms in total. The Morgan fingerprint density at radius 1 is 0.947 bits per heavy atom. The number of alkyl carbamates (subject to hydrolysis) is 2. The third-order valence-corrected chi connectivity index (χ3v) is 2.18. The first-order valence-corrected chi connectivity index (χ1v) is 6.66. The molecule has 112 valence electrons. The molecule has 0 aromatic rings. The van der Waals surface area contributed by atoms with Crippen LogP contribution < -0.4 is 16.0 Å². The predicted octanol–water partition coefficient (Wildman–Crippen LogP) is 1.20. The van der Waals surface area contributed by atoms with Crippen LogP contribution in [0.4, 0.5) is 9.59 Å². The Hall–Kier alpha value is -1.50. The highest BCUT2D eigenvalue weighted by molar-refractivity contribution is 5.67. The van der Waals surface area contributed by atoms with Gasteiger partial charge in [0.05, 0.1) is 19.9 Å². The molecule has 0 aliphatic heterocycles. The van der Waals surface area contributed by atoms with E-state index in [9.17, 15) is 9.59 Å². The smallest absolute Gasteiger partial charge is 0.408 e. The molecular formula is C12H25N3O4. The molecule has 0 saturated carbocycles. The zero-order valence-electron chi connectivity index (χ0n) is 11.8. The average molecular weight is 275 g/mol. The van der Waals surface area contributed by atoms with Crippen molar-refractivity contribution >= 4 is 12.2 Å². The number of nitrogens with one attached hydrogen (secondary N) is 3. The summed E-state index contributed by atoms with van der Waals surface area (Å²) in [6.07, 6.45) is 2.46. The molecule has 19 heavy (non-hydrogen) atoms. The zero-order chi connectivity index (χ0) is 14.3. The minimum Gasteiger partial charge on any atom is -0.450 e. The summed E-state index contributed by atoms with van der Waals surface area (Å²) in [5.74, 6) is 0. The second-order valence-corrected chi connectivity index (χ2v) is 3.97. The number of amides is 2. The van der Waals surface area contributed by atoms with Gasteiger partial charge in [0, 0.05) is 6.54 Å². The van der Waals surface area contributed by atoms with Crippen molar-refractivity contribution in [2.45, 2.75) is 32.6 Å². The SMILES string of the molecule is CCCNC(=O)OCCCCCOC(=O)NCNC. The minimum absolute atomic E-state index is 0.371. The molecule has 0 aliphatic rings. The number of ether oxygens (including phenoxy) is 2. The first kappa shape index (κ1) is 17.5. The third-order valence-electron chi connectivity index (χ3n) is 2.18. The fourth-order valence-electron chi connectivity index (χ4n) is 1.20. The van der Waals surface area contributed by atoms with E-state index in [0.29, 0.717) is 26.4 Å². The topological polar surface area (TPSA) is 88.7 Å². The van der Waals surface area contributed by atoms with Crippen LogP contribution >= 0.6 is 0 Å². The molecule has 2 amide bonds. The number of unbranched alkanes of at least 4 members (excludes halogenated alkanes) is 2. The van der Waals surface area contributed by atoms with Gasteiger partial charge in [-0.2, -0.15) is 0 Å². The van der Waals surface area contributed by atoms with E-state index in [1.54, 1.807) is 7.05 Å². The summed E-state index contributed by atoms with van der Waals surface area (Å²) in [6.45, 7) is 3.76. The van der Waals surface area contributed by atoms with Gasteiger partial charge < -0.3 is 25.4 Å². The Labute approximate surface area is 114 Å². The Kier molecular flexibility index (Phi) is 11.9. The molecule has 0 heterocycles. The van der Waals surface area contributed by atoms with Gasteiger partial charge in [-0.1, -0.05) is 6.92 Å². The van der Waals surface area contributed by atoms with E-state index in [4.69, 9.17) is 9.47 Å². The van der Waals surface area contributed by atoms with Crippen LogP contribution in [0.5, 0.6) is 0 Å². The zero-order valence-corrected chi connectivity index (χ0v) is 11.8. The fourth-order valence-corrected chi connectivity index (χ4v) is 1.20. The fraction of sp³-hybridized carbons (Fsp3) is 0.833. The number of carbonyl (C=O) groups is 2. The van der Waals surface area contributed by atoms with Gasteiger partial charge in [-0.15, -0.1) is 0 Å². The summed E-state index contributed by atoms with van der Waals surface area (Å²) in [5, 5.41) is 7.92. The van der Waals surface area contributed by atoms with E-state index in [2.05, 4.69) is 16.0 Å². The lowest BCUT2D eigenvalue weighted by Gasteiger charge is -2.07. The molecule has 0 bridgehead atoms. The summed E-state index contributed by atoms with van der Waals surface area (Å²) in [6, 6.07) is 0. The van der Waals surface area contributed by atoms with Gasteiger partial charge in [-0.3, -0.25) is 0 Å². The highest BCUT2D eigenvalue weighted by Gasteiger charge is 2.01. The molecule has 0 radical (unpaired) electrons. The first-order valence-electron chi connectivity index (χ1n) is 6.66. The van der Waals surface area contributed by atoms with E-state index >= 15 is 0 Å². The molecule has 0 spiro atoms. The standard InChI is InChI=1S/C12H25N3O4/c1-3-7-14-11(16)18-8-5-4-6-9-19-12(17)15-10-13-2/h13H,3-10H2,1-2H3,(H,14,16)(H,15,17). The number of rotatable bonds is 10. The van der Waals surface area contributed by atoms with E-state index in [1.807, 2.05) is 6.92 Å². The van der Waals surface area contributed by atoms with Gasteiger partial charge in [-0.25, -0.2) is 9.59 Å². The Balaban J connectivity index is 3.22. The molecular weight excluding hydrogens is 250 g/mol. The quantitative estimate of drug-likeness (QED) is 0.412. The molecule has 0 aromatic carbocycles. The number of hydrogen-bond acceptors (Lipinski definition) is 5. The molecule has 0 rings (SSSR count). The predicted molar refractivity (Wildman–Crippen MR) is 71.9 cm³/mol. The van der Waals surface area contributed by atoms with Crippen molar-refractivity contribution < 1.29 is 19.1 Å². The molecule has 0 atom stereocenters. The molecule has 0 aliphatic carbocycles. The van der Waals surface area contributed by atoms with Crippen LogP contribution in [0.1, 0.15) is 32.6 Å². The normalized spacial score (nSPS) is 9.79. The minimum atomic E-state index is -0.426. The summed E-state index contributed by atoms with van der Waals surface area (Å²) in [5.41, 5.74) is 0. The summed E-state index contributed by atoms with van der Waals surface area (Å²) < 4.78 is 9.86. The van der Waals surface area contributed by atoms with Crippen LogP contribution in [0.3, 0.4) is 0 Å². The van der Waals surface area contributed by atoms with Crippen molar-refractivity contribution in [3.63, 3.8) is 0 Å². The molecule has 3 N–H and O–H groups in total. The van der Waals surface area contributed by atoms with Crippen molar-refractivity contribution in [3.05, 3.63) is 0 Å². The van der Waals surface area contributed by atoms with E-state index in [-0.39, 0.29) is 6.09 Å². The Bertz CT molecular complexity index is 225. The Morgan fingerprint density at radius 2 is 1.53 bits per heavy atom. The van der Waals surface area contributed by atoms with Crippen LogP contribution in [0.2, 0.25) is 0 Å². The van der Waals surface area contributed by atoms with Crippen LogP contribution in [0.25, 0.3) is 0 Å². The lowest BCUT2D eigenvalue weighted by atomic mass is 10.2. The monoisotopic (exact) mass is 275 g/mol. The maximum absolute atomic E-state index is 11.1. The van der Waals surface area contributed by atoms with Crippen molar-refractivity contribution in [1.82, 2.24) is 16.0 Å². The lowest BCUT2D eigenvalue weighted by molar-refractivity contribution is 0.136. The van der Waals surface area contributed by atoms with E-state index in [0.717, 1.165) is 25.7 Å². The number of hydrogen-bond donors (Lipinski definition) is 3. The van der Waals surface area contributed by atoms with Crippen molar-refractivity contribution in [3.8, 4) is 0 Å². The molecule has 0 fully saturated rings. The van der Waals surface area contributed by atoms with Crippen LogP contribution in [0, 0.1) is 0 Å². The molecule has 0 saturated heterocycles. The van der Waals surface area contributed by atoms with Gasteiger partial charge >= 0.3 is 12.2 Å². The van der Waals surface area contributed by atoms with Gasteiger partial charge in [0.25, 0.3) is 0 Å². The van der Waals surface area contributed by atoms with Crippen LogP contribution in [-0.4, -0.2) is 45.7 Å². The van der Waals surface area contributed by atoms with Crippen molar-refractivity contribution in [2.75, 3.05) is 33.5 Å². The van der Waals surface area contributed by atoms with E-state index in [1.165, 1.54) is 0 Å². The highest BCUT2D eigenvalue weighted by Crippen LogP contribution is 1.97.